The number of fused-ring (bicyclic) bond motifs is 1. The van der Waals surface area contributed by atoms with Crippen LogP contribution in [0, 0.1) is 0 Å². The van der Waals surface area contributed by atoms with Crippen molar-refractivity contribution in [1.82, 2.24) is 10.2 Å². The number of nitrogens with zero attached hydrogens (tertiary/aromatic N) is 1. The number of H-pyrrole nitrogens is 1. The average molecular weight is 246 g/mol. The summed E-state index contributed by atoms with van der Waals surface area (Å²) < 4.78 is 0. The fourth-order valence-corrected chi connectivity index (χ4v) is 1.97. The number of amides is 1. The van der Waals surface area contributed by atoms with Gasteiger partial charge in [0, 0.05) is 5.39 Å². The summed E-state index contributed by atoms with van der Waals surface area (Å²) in [5.41, 5.74) is 6.68. The van der Waals surface area contributed by atoms with E-state index >= 15 is 0 Å². The van der Waals surface area contributed by atoms with Crippen molar-refractivity contribution >= 4 is 22.5 Å². The lowest BCUT2D eigenvalue weighted by Crippen LogP contribution is -2.48. The molecule has 0 spiro atoms. The highest BCUT2D eigenvalue weighted by Gasteiger charge is 2.27. The SMILES string of the molecule is CCCC(C)(N)C(=O)Nc1cccc2cn[nH]c12. The number of aromatic nitrogens is 2. The summed E-state index contributed by atoms with van der Waals surface area (Å²) in [6.07, 6.45) is 3.24. The number of nitrogens with one attached hydrogen (secondary N) is 2. The summed E-state index contributed by atoms with van der Waals surface area (Å²) in [4.78, 5) is 12.1. The molecule has 0 bridgehead atoms. The molecule has 1 heterocycles. The molecule has 2 aromatic rings. The van der Waals surface area contributed by atoms with Crippen LogP contribution in [0.1, 0.15) is 26.7 Å². The number of rotatable bonds is 4. The van der Waals surface area contributed by atoms with E-state index < -0.39 is 5.54 Å². The molecule has 0 saturated carbocycles. The topological polar surface area (TPSA) is 83.8 Å². The lowest BCUT2D eigenvalue weighted by atomic mass is 9.96. The molecule has 18 heavy (non-hydrogen) atoms. The highest BCUT2D eigenvalue weighted by atomic mass is 16.2. The van der Waals surface area contributed by atoms with Crippen LogP contribution in [0.25, 0.3) is 10.9 Å². The number of carbonyl (C=O) groups is 1. The van der Waals surface area contributed by atoms with Crippen LogP contribution in [0.4, 0.5) is 5.69 Å². The molecule has 0 fully saturated rings. The Bertz CT molecular complexity index is 559. The van der Waals surface area contributed by atoms with Crippen LogP contribution >= 0.6 is 0 Å². The van der Waals surface area contributed by atoms with Crippen LogP contribution < -0.4 is 11.1 Å². The van der Waals surface area contributed by atoms with Crippen molar-refractivity contribution in [3.05, 3.63) is 24.4 Å². The predicted octanol–water partition coefficient (Wildman–Crippen LogP) is 2.02. The zero-order chi connectivity index (χ0) is 13.2. The van der Waals surface area contributed by atoms with Crippen molar-refractivity contribution in [2.24, 2.45) is 5.73 Å². The molecule has 0 radical (unpaired) electrons. The minimum absolute atomic E-state index is 0.175. The van der Waals surface area contributed by atoms with Gasteiger partial charge in [-0.25, -0.2) is 0 Å². The Morgan fingerprint density at radius 1 is 1.56 bits per heavy atom. The molecule has 1 aromatic heterocycles. The van der Waals surface area contributed by atoms with Gasteiger partial charge in [-0.15, -0.1) is 0 Å². The number of para-hydroxylation sites is 1. The summed E-state index contributed by atoms with van der Waals surface area (Å²) in [5.74, 6) is -0.175. The van der Waals surface area contributed by atoms with E-state index in [-0.39, 0.29) is 5.91 Å². The van der Waals surface area contributed by atoms with Gasteiger partial charge in [0.15, 0.2) is 0 Å². The number of nitrogens with two attached hydrogens (primary N) is 1. The zero-order valence-corrected chi connectivity index (χ0v) is 10.7. The Morgan fingerprint density at radius 2 is 2.33 bits per heavy atom. The van der Waals surface area contributed by atoms with Crippen molar-refractivity contribution in [1.29, 1.82) is 0 Å². The van der Waals surface area contributed by atoms with Crippen LogP contribution in [0.15, 0.2) is 24.4 Å². The first-order chi connectivity index (χ1) is 8.54. The lowest BCUT2D eigenvalue weighted by Gasteiger charge is -2.22. The minimum atomic E-state index is -0.850. The minimum Gasteiger partial charge on any atom is -0.323 e. The molecule has 1 atom stereocenters. The van der Waals surface area contributed by atoms with Gasteiger partial charge >= 0.3 is 0 Å². The first-order valence-electron chi connectivity index (χ1n) is 6.07. The lowest BCUT2D eigenvalue weighted by molar-refractivity contribution is -0.120. The Balaban J connectivity index is 2.24. The van der Waals surface area contributed by atoms with Gasteiger partial charge in [-0.1, -0.05) is 25.5 Å². The first kappa shape index (κ1) is 12.6. The van der Waals surface area contributed by atoms with Crippen LogP contribution in [0.3, 0.4) is 0 Å². The molecule has 1 amide bonds. The fourth-order valence-electron chi connectivity index (χ4n) is 1.97. The number of carbonyl (C=O) groups excluding carboxylic acids is 1. The first-order valence-corrected chi connectivity index (χ1v) is 6.07. The second-order valence-electron chi connectivity index (χ2n) is 4.76. The number of benzene rings is 1. The van der Waals surface area contributed by atoms with Gasteiger partial charge < -0.3 is 11.1 Å². The number of anilines is 1. The third-order valence-corrected chi connectivity index (χ3v) is 3.01. The van der Waals surface area contributed by atoms with Crippen molar-refractivity contribution in [2.75, 3.05) is 5.32 Å². The molecule has 0 aliphatic heterocycles. The maximum absolute atomic E-state index is 12.1. The van der Waals surface area contributed by atoms with E-state index in [2.05, 4.69) is 15.5 Å². The molecule has 0 aliphatic carbocycles. The van der Waals surface area contributed by atoms with Gasteiger partial charge in [0.2, 0.25) is 5.91 Å². The zero-order valence-electron chi connectivity index (χ0n) is 10.7. The second kappa shape index (κ2) is 4.78. The second-order valence-corrected chi connectivity index (χ2v) is 4.76. The van der Waals surface area contributed by atoms with Crippen LogP contribution in [-0.2, 0) is 4.79 Å². The van der Waals surface area contributed by atoms with E-state index in [0.717, 1.165) is 17.3 Å². The standard InChI is InChI=1S/C13H18N4O/c1-3-7-13(2,14)12(18)16-10-6-4-5-9-8-15-17-11(9)10/h4-6,8H,3,7,14H2,1-2H3,(H,15,17)(H,16,18). The number of aromatic amines is 1. The Labute approximate surface area is 106 Å². The largest absolute Gasteiger partial charge is 0.323 e. The van der Waals surface area contributed by atoms with E-state index in [1.807, 2.05) is 25.1 Å². The van der Waals surface area contributed by atoms with Gasteiger partial charge in [-0.2, -0.15) is 5.10 Å². The van der Waals surface area contributed by atoms with Crippen molar-refractivity contribution in [3.63, 3.8) is 0 Å². The van der Waals surface area contributed by atoms with Crippen molar-refractivity contribution < 1.29 is 4.79 Å². The monoisotopic (exact) mass is 246 g/mol. The van der Waals surface area contributed by atoms with Gasteiger partial charge in [0.25, 0.3) is 0 Å². The fraction of sp³-hybridized carbons (Fsp3) is 0.385. The van der Waals surface area contributed by atoms with Crippen LogP contribution in [0.2, 0.25) is 0 Å². The molecule has 5 heteroatoms. The summed E-state index contributed by atoms with van der Waals surface area (Å²) in [7, 11) is 0. The quantitative estimate of drug-likeness (QED) is 0.771. The Kier molecular flexibility index (Phi) is 3.34. The molecule has 5 nitrogen and oxygen atoms in total. The van der Waals surface area contributed by atoms with Crippen LogP contribution in [0.5, 0.6) is 0 Å². The molecule has 4 N–H and O–H groups in total. The van der Waals surface area contributed by atoms with Crippen molar-refractivity contribution in [3.8, 4) is 0 Å². The van der Waals surface area contributed by atoms with E-state index in [4.69, 9.17) is 5.73 Å². The van der Waals surface area contributed by atoms with Gasteiger partial charge in [-0.05, 0) is 19.4 Å². The normalized spacial score (nSPS) is 14.4. The average Bonchev–Trinajstić information content (AvgIpc) is 2.78. The van der Waals surface area contributed by atoms with E-state index in [1.165, 1.54) is 0 Å². The molecular formula is C13H18N4O. The molecule has 1 aromatic carbocycles. The molecular weight excluding hydrogens is 228 g/mol. The smallest absolute Gasteiger partial charge is 0.244 e. The summed E-state index contributed by atoms with van der Waals surface area (Å²) in [6.45, 7) is 3.76. The third-order valence-electron chi connectivity index (χ3n) is 3.01. The van der Waals surface area contributed by atoms with Crippen LogP contribution in [-0.4, -0.2) is 21.6 Å². The van der Waals surface area contributed by atoms with Gasteiger partial charge in [0.05, 0.1) is 22.9 Å². The van der Waals surface area contributed by atoms with Gasteiger partial charge in [0.1, 0.15) is 0 Å². The molecule has 1 unspecified atom stereocenters. The molecule has 0 saturated heterocycles. The summed E-state index contributed by atoms with van der Waals surface area (Å²) >= 11 is 0. The maximum Gasteiger partial charge on any atom is 0.244 e. The Morgan fingerprint density at radius 3 is 3.06 bits per heavy atom. The number of hydrogen-bond donors (Lipinski definition) is 3. The summed E-state index contributed by atoms with van der Waals surface area (Å²) in [5, 5.41) is 10.7. The molecule has 0 aliphatic rings. The van der Waals surface area contributed by atoms with E-state index in [1.54, 1.807) is 13.1 Å². The van der Waals surface area contributed by atoms with E-state index in [9.17, 15) is 4.79 Å². The third kappa shape index (κ3) is 2.36. The molecule has 2 rings (SSSR count). The maximum atomic E-state index is 12.1. The highest BCUT2D eigenvalue weighted by molar-refractivity contribution is 6.03. The van der Waals surface area contributed by atoms with Crippen molar-refractivity contribution in [2.45, 2.75) is 32.2 Å². The Hall–Kier alpha value is -1.88. The number of hydrogen-bond acceptors (Lipinski definition) is 3. The predicted molar refractivity (Wildman–Crippen MR) is 72.2 cm³/mol. The van der Waals surface area contributed by atoms with Gasteiger partial charge in [-0.3, -0.25) is 9.89 Å². The highest BCUT2D eigenvalue weighted by Crippen LogP contribution is 2.22. The van der Waals surface area contributed by atoms with E-state index in [0.29, 0.717) is 12.1 Å². The molecule has 96 valence electrons. The summed E-state index contributed by atoms with van der Waals surface area (Å²) in [6, 6.07) is 5.64.